The average molecular weight is 534 g/mol. The Labute approximate surface area is 210 Å². The Morgan fingerprint density at radius 3 is 2.24 bits per heavy atom. The number of hydrazine groups is 1. The molecule has 0 aliphatic heterocycles. The fourth-order valence-electron chi connectivity index (χ4n) is 3.29. The number of hydrogen-bond donors (Lipinski definition) is 3. The van der Waals surface area contributed by atoms with Gasteiger partial charge in [0.25, 0.3) is 11.8 Å². The predicted octanol–water partition coefficient (Wildman–Crippen LogP) is 4.98. The molecule has 0 saturated heterocycles. The molecule has 0 bridgehead atoms. The minimum Gasteiger partial charge on any atom is -0.483 e. The lowest BCUT2D eigenvalue weighted by molar-refractivity contribution is -0.121. The third-order valence-electron chi connectivity index (χ3n) is 4.98. The highest BCUT2D eigenvalue weighted by atomic mass is 79.9. The van der Waals surface area contributed by atoms with E-state index in [0.717, 1.165) is 26.4 Å². The molecule has 34 heavy (non-hydrogen) atoms. The molecule has 0 heterocycles. The quantitative estimate of drug-likeness (QED) is 0.249. The summed E-state index contributed by atoms with van der Waals surface area (Å²) in [6.45, 7) is -0.242. The molecule has 0 unspecified atom stereocenters. The highest BCUT2D eigenvalue weighted by Crippen LogP contribution is 2.32. The summed E-state index contributed by atoms with van der Waals surface area (Å²) < 4.78 is 6.38. The number of halogens is 1. The number of ether oxygens (including phenoxy) is 1. The van der Waals surface area contributed by atoms with Crippen LogP contribution in [0, 0.1) is 0 Å². The van der Waals surface area contributed by atoms with Gasteiger partial charge in [-0.05, 0) is 68.2 Å². The van der Waals surface area contributed by atoms with E-state index >= 15 is 0 Å². The summed E-state index contributed by atoms with van der Waals surface area (Å²) in [6.07, 6.45) is 0. The molecule has 8 heteroatoms. The summed E-state index contributed by atoms with van der Waals surface area (Å²) in [4.78, 5) is 24.6. The maximum Gasteiger partial charge on any atom is 0.269 e. The summed E-state index contributed by atoms with van der Waals surface area (Å²) in [5, 5.41) is 4.47. The van der Waals surface area contributed by atoms with E-state index in [1.807, 2.05) is 72.8 Å². The van der Waals surface area contributed by atoms with Crippen LogP contribution in [0.5, 0.6) is 5.75 Å². The summed E-state index contributed by atoms with van der Waals surface area (Å²) in [7, 11) is 0. The second-order valence-electron chi connectivity index (χ2n) is 7.29. The van der Waals surface area contributed by atoms with Gasteiger partial charge in [-0.15, -0.1) is 0 Å². The number of nitrogens with one attached hydrogen (secondary N) is 3. The molecule has 0 aliphatic rings. The van der Waals surface area contributed by atoms with Crippen LogP contribution in [0.25, 0.3) is 21.9 Å². The third-order valence-corrected chi connectivity index (χ3v) is 6.01. The van der Waals surface area contributed by atoms with E-state index in [1.54, 1.807) is 18.2 Å². The fourth-order valence-corrected chi connectivity index (χ4v) is 4.07. The van der Waals surface area contributed by atoms with Crippen molar-refractivity contribution in [2.45, 2.75) is 0 Å². The van der Waals surface area contributed by atoms with Crippen LogP contribution < -0.4 is 20.9 Å². The topological polar surface area (TPSA) is 79.5 Å². The van der Waals surface area contributed by atoms with E-state index in [1.165, 1.54) is 0 Å². The molecule has 0 spiro atoms. The van der Waals surface area contributed by atoms with E-state index in [0.29, 0.717) is 11.3 Å². The molecule has 3 N–H and O–H groups in total. The second kappa shape index (κ2) is 10.9. The van der Waals surface area contributed by atoms with Gasteiger partial charge in [0.05, 0.1) is 4.47 Å². The van der Waals surface area contributed by atoms with Gasteiger partial charge >= 0.3 is 0 Å². The van der Waals surface area contributed by atoms with Gasteiger partial charge in [0, 0.05) is 5.56 Å². The van der Waals surface area contributed by atoms with Crippen LogP contribution in [-0.2, 0) is 4.79 Å². The van der Waals surface area contributed by atoms with Crippen LogP contribution in [0.2, 0.25) is 0 Å². The number of hydrogen-bond acceptors (Lipinski definition) is 4. The van der Waals surface area contributed by atoms with E-state index in [2.05, 4.69) is 32.1 Å². The second-order valence-corrected chi connectivity index (χ2v) is 8.49. The largest absolute Gasteiger partial charge is 0.483 e. The minimum atomic E-state index is -0.459. The summed E-state index contributed by atoms with van der Waals surface area (Å²) in [6, 6.07) is 28.6. The van der Waals surface area contributed by atoms with E-state index in [-0.39, 0.29) is 17.6 Å². The van der Waals surface area contributed by atoms with Crippen LogP contribution in [0.4, 0.5) is 0 Å². The summed E-state index contributed by atoms with van der Waals surface area (Å²) >= 11 is 8.60. The van der Waals surface area contributed by atoms with Crippen molar-refractivity contribution in [3.63, 3.8) is 0 Å². The van der Waals surface area contributed by atoms with E-state index in [4.69, 9.17) is 17.0 Å². The zero-order valence-corrected chi connectivity index (χ0v) is 20.3. The number of carbonyl (C=O) groups is 2. The van der Waals surface area contributed by atoms with Gasteiger partial charge in [-0.1, -0.05) is 72.8 Å². The Hall–Kier alpha value is -3.75. The van der Waals surface area contributed by atoms with Crippen LogP contribution in [-0.4, -0.2) is 23.5 Å². The Morgan fingerprint density at radius 1 is 0.794 bits per heavy atom. The fraction of sp³-hybridized carbons (Fsp3) is 0.0385. The first-order chi connectivity index (χ1) is 16.5. The monoisotopic (exact) mass is 533 g/mol. The molecule has 4 aromatic carbocycles. The van der Waals surface area contributed by atoms with Crippen molar-refractivity contribution in [3.8, 4) is 16.9 Å². The first-order valence-corrected chi connectivity index (χ1v) is 11.6. The lowest BCUT2D eigenvalue weighted by atomic mass is 10.0. The molecule has 0 atom stereocenters. The molecule has 2 amide bonds. The molecule has 0 aromatic heterocycles. The Bertz CT molecular complexity index is 1340. The molecule has 6 nitrogen and oxygen atoms in total. The van der Waals surface area contributed by atoms with Crippen LogP contribution in [0.15, 0.2) is 95.5 Å². The van der Waals surface area contributed by atoms with Crippen molar-refractivity contribution >= 4 is 55.8 Å². The number of fused-ring (bicyclic) bond motifs is 1. The van der Waals surface area contributed by atoms with Crippen molar-refractivity contribution < 1.29 is 14.3 Å². The van der Waals surface area contributed by atoms with Crippen LogP contribution >= 0.6 is 28.1 Å². The van der Waals surface area contributed by atoms with Gasteiger partial charge in [-0.25, -0.2) is 0 Å². The lowest BCUT2D eigenvalue weighted by Crippen LogP contribution is -2.49. The Balaban J connectivity index is 1.25. The van der Waals surface area contributed by atoms with Gasteiger partial charge in [-0.3, -0.25) is 25.8 Å². The molecule has 4 rings (SSSR count). The molecule has 0 aliphatic carbocycles. The average Bonchev–Trinajstić information content (AvgIpc) is 2.87. The normalized spacial score (nSPS) is 10.4. The van der Waals surface area contributed by atoms with Crippen LogP contribution in [0.3, 0.4) is 0 Å². The number of benzene rings is 4. The van der Waals surface area contributed by atoms with E-state index < -0.39 is 5.91 Å². The van der Waals surface area contributed by atoms with Gasteiger partial charge in [0.1, 0.15) is 5.75 Å². The maximum absolute atomic E-state index is 12.4. The standard InChI is InChI=1S/C26H20BrN3O3S/c27-24-21-9-5-4-8-19(21)14-15-22(24)33-16-23(31)28-26(34)30-29-25(32)20-12-10-18(11-13-20)17-6-2-1-3-7-17/h1-15H,16H2,(H,29,32)(H2,28,30,31,34). The molecular formula is C26H20BrN3O3S. The molecule has 0 saturated carbocycles. The van der Waals surface area contributed by atoms with Gasteiger partial charge in [0.15, 0.2) is 11.7 Å². The van der Waals surface area contributed by atoms with Gasteiger partial charge in [0.2, 0.25) is 0 Å². The van der Waals surface area contributed by atoms with Crippen molar-refractivity contribution in [2.75, 3.05) is 6.61 Å². The van der Waals surface area contributed by atoms with E-state index in [9.17, 15) is 9.59 Å². The van der Waals surface area contributed by atoms with Crippen LogP contribution in [0.1, 0.15) is 10.4 Å². The summed E-state index contributed by atoms with van der Waals surface area (Å²) in [5.74, 6) is -0.299. The maximum atomic E-state index is 12.4. The van der Waals surface area contributed by atoms with Crippen molar-refractivity contribution in [1.82, 2.24) is 16.2 Å². The molecule has 4 aromatic rings. The number of rotatable bonds is 5. The number of amides is 2. The predicted molar refractivity (Wildman–Crippen MR) is 140 cm³/mol. The zero-order valence-electron chi connectivity index (χ0n) is 17.9. The number of carbonyl (C=O) groups excluding carboxylic acids is 2. The highest BCUT2D eigenvalue weighted by molar-refractivity contribution is 9.10. The number of thiocarbonyl (C=S) groups is 1. The molecule has 170 valence electrons. The lowest BCUT2D eigenvalue weighted by Gasteiger charge is -2.13. The first kappa shape index (κ1) is 23.4. The highest BCUT2D eigenvalue weighted by Gasteiger charge is 2.11. The Morgan fingerprint density at radius 2 is 1.47 bits per heavy atom. The Kier molecular flexibility index (Phi) is 7.51. The SMILES string of the molecule is O=C(COc1ccc2ccccc2c1Br)NC(=S)NNC(=O)c1ccc(-c2ccccc2)cc1. The van der Waals surface area contributed by atoms with Crippen molar-refractivity contribution in [2.24, 2.45) is 0 Å². The first-order valence-electron chi connectivity index (χ1n) is 10.4. The third kappa shape index (κ3) is 5.78. The molecular weight excluding hydrogens is 514 g/mol. The van der Waals surface area contributed by atoms with Crippen molar-refractivity contribution in [3.05, 3.63) is 101 Å². The molecule has 0 radical (unpaired) electrons. The summed E-state index contributed by atoms with van der Waals surface area (Å²) in [5.41, 5.74) is 7.52. The smallest absolute Gasteiger partial charge is 0.269 e. The van der Waals surface area contributed by atoms with Crippen molar-refractivity contribution in [1.29, 1.82) is 0 Å². The van der Waals surface area contributed by atoms with Gasteiger partial charge in [-0.2, -0.15) is 0 Å². The molecule has 0 fully saturated rings. The van der Waals surface area contributed by atoms with Gasteiger partial charge < -0.3 is 4.74 Å². The zero-order chi connectivity index (χ0) is 23.9. The minimum absolute atomic E-state index is 0.0413.